The fourth-order valence-corrected chi connectivity index (χ4v) is 14.8. The summed E-state index contributed by atoms with van der Waals surface area (Å²) in [6, 6.07) is 20.0. The molecule has 23 nitrogen and oxygen atoms in total. The number of hydrogen-bond acceptors (Lipinski definition) is 13. The third-order valence-corrected chi connectivity index (χ3v) is 20.4. The van der Waals surface area contributed by atoms with E-state index < -0.39 is 95.9 Å². The first-order valence-electron chi connectivity index (χ1n) is 30.1. The Morgan fingerprint density at radius 1 is 0.811 bits per heavy atom. The molecule has 1 aromatic heterocycles. The molecule has 0 unspecified atom stereocenters. The van der Waals surface area contributed by atoms with Crippen molar-refractivity contribution in [2.75, 3.05) is 32.8 Å². The molecular formula is C63H68F2N9O14PS. The zero-order valence-corrected chi connectivity index (χ0v) is 50.6. The maximum atomic E-state index is 15.1. The van der Waals surface area contributed by atoms with Crippen LogP contribution in [0, 0.1) is 0 Å². The number of thiophene rings is 1. The highest BCUT2D eigenvalue weighted by Crippen LogP contribution is 2.59. The minimum Gasteiger partial charge on any atom is -0.492 e. The van der Waals surface area contributed by atoms with Gasteiger partial charge in [0.05, 0.1) is 24.1 Å². The summed E-state index contributed by atoms with van der Waals surface area (Å²) >= 11 is 0.860. The second-order valence-corrected chi connectivity index (χ2v) is 26.7. The lowest BCUT2D eigenvalue weighted by molar-refractivity contribution is -0.145. The van der Waals surface area contributed by atoms with Crippen LogP contribution < -0.4 is 31.7 Å². The van der Waals surface area contributed by atoms with E-state index in [1.165, 1.54) is 26.8 Å². The molecule has 0 aliphatic carbocycles. The number of piperidine rings is 2. The quantitative estimate of drug-likeness (QED) is 0.0334. The summed E-state index contributed by atoms with van der Waals surface area (Å²) in [4.78, 5) is 161. The average Bonchev–Trinajstić information content (AvgIpc) is 1.59. The SMILES string of the molecule is NC(=O)CC[C@H](NC(=O)[C@@H]1CC[C@@H]2CCN(C(=O)CCCCC(=O)N3CCC4(CC3)COc3c4ccc4c3CN([C@H]3CCC(=O)NC3=O)C4=O)C[C@H](NC(=O)c3cc4cc(C(F)(F)P(=O)(O)O)ccc4s3)C(=O)N21)C(=O)NC(c1ccccc1)c1ccccc1. The number of primary amides is 1. The van der Waals surface area contributed by atoms with Gasteiger partial charge in [-0.25, -0.2) is 0 Å². The number of carbonyl (C=O) groups excluding carboxylic acids is 10. The van der Waals surface area contributed by atoms with Crippen LogP contribution in [0.15, 0.2) is 97.1 Å². The fourth-order valence-electron chi connectivity index (χ4n) is 13.4. The lowest BCUT2D eigenvalue weighted by Crippen LogP contribution is -2.62. The molecule has 27 heteroatoms. The number of rotatable bonds is 19. The highest BCUT2D eigenvalue weighted by Gasteiger charge is 2.52. The Balaban J connectivity index is 0.751. The lowest BCUT2D eigenvalue weighted by atomic mass is 9.74. The molecule has 1 spiro atoms. The maximum absolute atomic E-state index is 15.1. The summed E-state index contributed by atoms with van der Waals surface area (Å²) in [6.07, 6.45) is 2.56. The average molecular weight is 1280 g/mol. The topological polar surface area (TPSA) is 325 Å². The summed E-state index contributed by atoms with van der Waals surface area (Å²) in [5.41, 5.74) is 3.25. The normalized spacial score (nSPS) is 21.0. The Labute approximate surface area is 519 Å². The van der Waals surface area contributed by atoms with E-state index >= 15 is 4.79 Å². The van der Waals surface area contributed by atoms with Gasteiger partial charge in [-0.05, 0) is 98.6 Å². The van der Waals surface area contributed by atoms with Crippen molar-refractivity contribution in [3.63, 3.8) is 0 Å². The van der Waals surface area contributed by atoms with Crippen LogP contribution in [0.2, 0.25) is 0 Å². The van der Waals surface area contributed by atoms with Crippen LogP contribution in [0.25, 0.3) is 10.1 Å². The number of unbranched alkanes of at least 4 members (excludes halogenated alkanes) is 1. The van der Waals surface area contributed by atoms with Gasteiger partial charge in [-0.3, -0.25) is 57.8 Å². The number of hydrogen-bond donors (Lipinski definition) is 7. The van der Waals surface area contributed by atoms with Gasteiger partial charge in [-0.15, -0.1) is 11.3 Å². The van der Waals surface area contributed by atoms with Gasteiger partial charge in [0.2, 0.25) is 47.3 Å². The standard InChI is InChI=1S/C63H68F2N9O14PS/c64-63(65,89(85,86)87)39-15-22-48-38(31-39)32-49(90-48)59(82)68-45-34-72(28-25-40-16-20-47(74(40)61(45)84)58(81)67-44(19-23-50(66)75)56(79)70-54(36-9-3-1-4-10-36)37-11-5-2-6-12-37)53(78)14-8-7-13-52(77)71-29-26-62(27-30-71)35-88-55-42-33-73(46-21-24-51(76)69-57(46)80)60(83)41(42)17-18-43(55)62/h1-6,9-12,15,17-18,22,31-32,40,44-47,54H,7-8,13-14,16,19-21,23-30,33-35H2,(H2,66,75)(H,67,81)(H,68,82)(H,70,79)(H,69,76,80)(H2,85,86,87)/t40-,44+,45+,46+,47+/m1/s1. The number of carbonyl (C=O) groups is 10. The number of halogens is 2. The molecule has 4 aromatic carbocycles. The van der Waals surface area contributed by atoms with Crippen LogP contribution in [0.4, 0.5) is 8.78 Å². The van der Waals surface area contributed by atoms with Gasteiger partial charge in [0, 0.05) is 90.3 Å². The third kappa shape index (κ3) is 12.8. The number of fused-ring (bicyclic) bond motifs is 6. The molecule has 474 valence electrons. The van der Waals surface area contributed by atoms with Crippen molar-refractivity contribution >= 4 is 88.1 Å². The van der Waals surface area contributed by atoms with E-state index in [0.717, 1.165) is 40.2 Å². The summed E-state index contributed by atoms with van der Waals surface area (Å²) in [6.45, 7) is 1.17. The van der Waals surface area contributed by atoms with E-state index in [1.54, 1.807) is 11.0 Å². The second kappa shape index (κ2) is 25.8. The summed E-state index contributed by atoms with van der Waals surface area (Å²) in [5, 5.41) is 10.9. The highest BCUT2D eigenvalue weighted by atomic mass is 32.1. The summed E-state index contributed by atoms with van der Waals surface area (Å²) < 4.78 is 47.9. The predicted octanol–water partition coefficient (Wildman–Crippen LogP) is 4.75. The van der Waals surface area contributed by atoms with E-state index in [1.807, 2.05) is 66.7 Å². The first kappa shape index (κ1) is 63.1. The zero-order chi connectivity index (χ0) is 63.8. The molecule has 11 rings (SSSR count). The molecule has 10 amide bonds. The van der Waals surface area contributed by atoms with Gasteiger partial charge >= 0.3 is 13.3 Å². The fraction of sp³-hybridized carbons (Fsp3) is 0.429. The minimum atomic E-state index is -5.94. The van der Waals surface area contributed by atoms with Gasteiger partial charge in [0.15, 0.2) is 0 Å². The van der Waals surface area contributed by atoms with Crippen LogP contribution in [0.5, 0.6) is 5.75 Å². The Hall–Kier alpha value is -8.45. The smallest absolute Gasteiger partial charge is 0.399 e. The molecule has 0 bridgehead atoms. The molecule has 7 heterocycles. The van der Waals surface area contributed by atoms with E-state index in [4.69, 9.17) is 10.5 Å². The molecule has 0 saturated carbocycles. The monoisotopic (exact) mass is 1280 g/mol. The van der Waals surface area contributed by atoms with E-state index in [-0.39, 0.29) is 105 Å². The number of ether oxygens (including phenoxy) is 1. The highest BCUT2D eigenvalue weighted by molar-refractivity contribution is 7.52. The molecule has 8 N–H and O–H groups in total. The molecule has 90 heavy (non-hydrogen) atoms. The van der Waals surface area contributed by atoms with Crippen LogP contribution in [-0.4, -0.2) is 151 Å². The van der Waals surface area contributed by atoms with Crippen LogP contribution >= 0.6 is 18.9 Å². The Bertz CT molecular complexity index is 3710. The molecular weight excluding hydrogens is 1210 g/mol. The van der Waals surface area contributed by atoms with Gasteiger partial charge in [0.1, 0.15) is 29.9 Å². The van der Waals surface area contributed by atoms with Crippen molar-refractivity contribution in [1.82, 2.24) is 40.9 Å². The van der Waals surface area contributed by atoms with E-state index in [0.29, 0.717) is 73.4 Å². The van der Waals surface area contributed by atoms with E-state index in [9.17, 15) is 66.3 Å². The Morgan fingerprint density at radius 2 is 1.49 bits per heavy atom. The number of nitrogens with zero attached hydrogens (tertiary/aromatic N) is 4. The molecule has 4 fully saturated rings. The van der Waals surface area contributed by atoms with Gasteiger partial charge < -0.3 is 55.8 Å². The molecule has 4 saturated heterocycles. The molecule has 6 aliphatic heterocycles. The van der Waals surface area contributed by atoms with Gasteiger partial charge in [0.25, 0.3) is 11.8 Å². The Kier molecular flexibility index (Phi) is 18.1. The minimum absolute atomic E-state index is 0.0192. The van der Waals surface area contributed by atoms with Gasteiger partial charge in [-0.2, -0.15) is 8.78 Å². The van der Waals surface area contributed by atoms with Crippen molar-refractivity contribution in [3.8, 4) is 5.75 Å². The van der Waals surface area contributed by atoms with Crippen LogP contribution in [0.3, 0.4) is 0 Å². The summed E-state index contributed by atoms with van der Waals surface area (Å²) in [5.74, 6) is -4.62. The maximum Gasteiger partial charge on any atom is 0.399 e. The predicted molar refractivity (Wildman–Crippen MR) is 321 cm³/mol. The van der Waals surface area contributed by atoms with Crippen LogP contribution in [0.1, 0.15) is 137 Å². The molecule has 0 radical (unpaired) electrons. The number of likely N-dealkylation sites (tertiary alicyclic amines) is 1. The van der Waals surface area contributed by atoms with Crippen molar-refractivity contribution in [2.24, 2.45) is 5.73 Å². The third-order valence-electron chi connectivity index (χ3n) is 18.3. The number of benzene rings is 4. The zero-order valence-electron chi connectivity index (χ0n) is 48.9. The summed E-state index contributed by atoms with van der Waals surface area (Å²) in [7, 11) is -5.94. The number of nitrogens with two attached hydrogens (primary N) is 1. The Morgan fingerprint density at radius 3 is 2.14 bits per heavy atom. The number of alkyl halides is 2. The van der Waals surface area contributed by atoms with Crippen molar-refractivity contribution in [1.29, 1.82) is 0 Å². The van der Waals surface area contributed by atoms with Crippen molar-refractivity contribution in [3.05, 3.63) is 135 Å². The van der Waals surface area contributed by atoms with Crippen molar-refractivity contribution in [2.45, 2.75) is 137 Å². The molecule has 5 atom stereocenters. The lowest BCUT2D eigenvalue weighted by Gasteiger charge is -2.39. The number of nitrogens with one attached hydrogen (secondary N) is 4. The van der Waals surface area contributed by atoms with Gasteiger partial charge in [-0.1, -0.05) is 72.8 Å². The second-order valence-electron chi connectivity index (χ2n) is 23.9. The first-order valence-corrected chi connectivity index (χ1v) is 32.5. The van der Waals surface area contributed by atoms with Crippen molar-refractivity contribution < 1.29 is 75.8 Å². The first-order chi connectivity index (χ1) is 43.0. The van der Waals surface area contributed by atoms with Crippen LogP contribution in [-0.2, 0) is 60.5 Å². The molecule has 5 aromatic rings. The van der Waals surface area contributed by atoms with E-state index in [2.05, 4.69) is 21.3 Å². The molecule has 6 aliphatic rings. The largest absolute Gasteiger partial charge is 0.492 e. The number of amides is 10. The number of imide groups is 1.